The van der Waals surface area contributed by atoms with Gasteiger partial charge in [-0.1, -0.05) is 219 Å². The zero-order valence-corrected chi connectivity index (χ0v) is 53.6. The second kappa shape index (κ2) is 46.5. The molecule has 3 rings (SSSR count). The lowest BCUT2D eigenvalue weighted by atomic mass is 9.88. The fourth-order valence-electron chi connectivity index (χ4n) is 12.0. The Bertz CT molecular complexity index is 1840. The first-order chi connectivity index (χ1) is 42.4. The fraction of sp³-hybridized carbons (Fsp3) is 0.923. The summed E-state index contributed by atoms with van der Waals surface area (Å²) in [6.07, 6.45) is 14.3. The fourth-order valence-corrected chi connectivity index (χ4v) is 12.0. The molecule has 2 amide bonds. The quantitative estimate of drug-likeness (QED) is 0.0264. The van der Waals surface area contributed by atoms with Gasteiger partial charge < -0.3 is 100 Å². The number of carboxylic acid groups (broad SMARTS) is 1. The van der Waals surface area contributed by atoms with Crippen molar-refractivity contribution in [3.63, 3.8) is 0 Å². The Labute approximate surface area is 524 Å². The van der Waals surface area contributed by atoms with Crippen LogP contribution in [-0.4, -0.2) is 215 Å². The molecule has 0 radical (unpaired) electrons. The first-order valence-electron chi connectivity index (χ1n) is 34.1. The number of allylic oxidation sites excluding steroid dienone is 1. The smallest absolute Gasteiger partial charge is 0.364 e. The number of hydrogen-bond donors (Lipinski definition) is 14. The van der Waals surface area contributed by atoms with Crippen LogP contribution in [-0.2, 0) is 42.8 Å². The summed E-state index contributed by atoms with van der Waals surface area (Å²) in [7, 11) is 0. The van der Waals surface area contributed by atoms with Crippen LogP contribution in [0.15, 0.2) is 12.2 Å². The first kappa shape index (κ1) is 79.7. The summed E-state index contributed by atoms with van der Waals surface area (Å²) in [5.41, 5.74) is 0. The lowest BCUT2D eigenvalue weighted by molar-refractivity contribution is -0.386. The Balaban J connectivity index is 1.55. The van der Waals surface area contributed by atoms with Crippen molar-refractivity contribution in [2.75, 3.05) is 26.4 Å². The molecule has 18 unspecified atom stereocenters. The Kier molecular flexibility index (Phi) is 42.1. The van der Waals surface area contributed by atoms with E-state index in [1.807, 2.05) is 6.08 Å². The zero-order valence-electron chi connectivity index (χ0n) is 53.6. The van der Waals surface area contributed by atoms with Gasteiger partial charge in [0.25, 0.3) is 5.79 Å². The zero-order chi connectivity index (χ0) is 64.7. The Hall–Kier alpha value is -2.53. The minimum Gasteiger partial charge on any atom is -0.477 e. The number of aliphatic hydroxyl groups is 11. The molecule has 23 nitrogen and oxygen atoms in total. The molecule has 0 aromatic rings. The number of hydrogen-bond acceptors (Lipinski definition) is 20. The van der Waals surface area contributed by atoms with Crippen molar-refractivity contribution in [2.45, 2.75) is 355 Å². The van der Waals surface area contributed by atoms with Crippen LogP contribution in [0.25, 0.3) is 0 Å². The third-order valence-electron chi connectivity index (χ3n) is 17.5. The third kappa shape index (κ3) is 29.2. The predicted octanol–water partition coefficient (Wildman–Crippen LogP) is 5.51. The number of aliphatic hydroxyl groups excluding tert-OH is 11. The van der Waals surface area contributed by atoms with E-state index in [1.165, 1.54) is 154 Å². The number of ether oxygens (including phenoxy) is 6. The normalized spacial score (nSPS) is 29.0. The number of carboxylic acids is 1. The van der Waals surface area contributed by atoms with Crippen LogP contribution in [0, 0.1) is 0 Å². The maximum absolute atomic E-state index is 13.4. The number of aliphatic carboxylic acids is 1. The average molecular weight is 1270 g/mol. The first-order valence-corrected chi connectivity index (χ1v) is 34.1. The Morgan fingerprint density at radius 3 is 1.51 bits per heavy atom. The van der Waals surface area contributed by atoms with Crippen molar-refractivity contribution < 1.29 is 104 Å². The van der Waals surface area contributed by atoms with Gasteiger partial charge >= 0.3 is 5.97 Å². The summed E-state index contributed by atoms with van der Waals surface area (Å²) in [6.45, 7) is 2.11. The molecule has 3 saturated heterocycles. The highest BCUT2D eigenvalue weighted by Crippen LogP contribution is 2.39. The van der Waals surface area contributed by atoms with Crippen molar-refractivity contribution in [1.82, 2.24) is 10.6 Å². The van der Waals surface area contributed by atoms with Gasteiger partial charge in [0.2, 0.25) is 11.8 Å². The molecule has 14 N–H and O–H groups in total. The minimum absolute atomic E-state index is 0.205. The SMILES string of the molecule is CCCCCCCCCC/C=C/C(O)C(COC1OC(CO)C(OC2OC(CO)C(O)C(OC3(C(=O)O)CC(O)C(NC(C)=O)C(C(O)C(O)CO)O3)C2O)C(O)C1O)NC(=O)CCCCCCCCCCCCCCCCCCCCCCCCCC. The molecule has 0 bridgehead atoms. The lowest BCUT2D eigenvalue weighted by Crippen LogP contribution is -2.70. The van der Waals surface area contributed by atoms with E-state index in [9.17, 15) is 75.7 Å². The molecular weight excluding hydrogens is 1140 g/mol. The van der Waals surface area contributed by atoms with Crippen LogP contribution >= 0.6 is 0 Å². The molecule has 0 aromatic carbocycles. The van der Waals surface area contributed by atoms with Crippen LogP contribution in [0.3, 0.4) is 0 Å². The Morgan fingerprint density at radius 2 is 1.06 bits per heavy atom. The lowest BCUT2D eigenvalue weighted by Gasteiger charge is -2.50. The minimum atomic E-state index is -3.08. The van der Waals surface area contributed by atoms with Gasteiger partial charge in [-0.05, 0) is 19.3 Å². The maximum atomic E-state index is 13.4. The van der Waals surface area contributed by atoms with Gasteiger partial charge in [0.05, 0.1) is 50.7 Å². The molecular formula is C65H120N2O21. The molecule has 3 fully saturated rings. The van der Waals surface area contributed by atoms with Crippen molar-refractivity contribution in [3.8, 4) is 0 Å². The predicted molar refractivity (Wildman–Crippen MR) is 329 cm³/mol. The van der Waals surface area contributed by atoms with Crippen LogP contribution in [0.1, 0.15) is 245 Å². The maximum Gasteiger partial charge on any atom is 0.364 e. The van der Waals surface area contributed by atoms with Crippen molar-refractivity contribution in [1.29, 1.82) is 0 Å². The van der Waals surface area contributed by atoms with E-state index in [0.29, 0.717) is 12.8 Å². The summed E-state index contributed by atoms with van der Waals surface area (Å²) in [4.78, 5) is 38.4. The molecule has 0 spiro atoms. The summed E-state index contributed by atoms with van der Waals surface area (Å²) in [5, 5.41) is 136. The van der Waals surface area contributed by atoms with Crippen molar-refractivity contribution in [3.05, 3.63) is 12.2 Å². The highest BCUT2D eigenvalue weighted by molar-refractivity contribution is 5.77. The van der Waals surface area contributed by atoms with E-state index in [0.717, 1.165) is 51.9 Å². The second-order valence-corrected chi connectivity index (χ2v) is 25.0. The van der Waals surface area contributed by atoms with Gasteiger partial charge in [-0.25, -0.2) is 4.79 Å². The molecule has 0 aliphatic carbocycles. The van der Waals surface area contributed by atoms with Crippen molar-refractivity contribution >= 4 is 17.8 Å². The molecule has 0 aromatic heterocycles. The van der Waals surface area contributed by atoms with Gasteiger partial charge in [-0.2, -0.15) is 0 Å². The number of rotatable bonds is 51. The van der Waals surface area contributed by atoms with Crippen LogP contribution < -0.4 is 10.6 Å². The van der Waals surface area contributed by atoms with Gasteiger partial charge in [0.15, 0.2) is 12.6 Å². The summed E-state index contributed by atoms with van der Waals surface area (Å²) < 4.78 is 34.7. The molecule has 88 heavy (non-hydrogen) atoms. The monoisotopic (exact) mass is 1260 g/mol. The Morgan fingerprint density at radius 1 is 0.591 bits per heavy atom. The summed E-state index contributed by atoms with van der Waals surface area (Å²) >= 11 is 0. The summed E-state index contributed by atoms with van der Waals surface area (Å²) in [5.74, 6) is -6.14. The van der Waals surface area contributed by atoms with Gasteiger partial charge in [-0.15, -0.1) is 0 Å². The molecule has 23 heteroatoms. The number of carbonyl (C=O) groups excluding carboxylic acids is 2. The van der Waals surface area contributed by atoms with E-state index >= 15 is 0 Å². The molecule has 3 aliphatic rings. The topological polar surface area (TPSA) is 373 Å². The molecule has 0 saturated carbocycles. The van der Waals surface area contributed by atoms with E-state index in [2.05, 4.69) is 24.5 Å². The highest BCUT2D eigenvalue weighted by Gasteiger charge is 2.60. The van der Waals surface area contributed by atoms with Gasteiger partial charge in [0.1, 0.15) is 67.1 Å². The number of nitrogens with one attached hydrogen (secondary N) is 2. The second-order valence-electron chi connectivity index (χ2n) is 25.0. The van der Waals surface area contributed by atoms with E-state index < -0.39 is 155 Å². The molecule has 3 heterocycles. The van der Waals surface area contributed by atoms with Crippen molar-refractivity contribution in [2.24, 2.45) is 0 Å². The molecule has 3 aliphatic heterocycles. The van der Waals surface area contributed by atoms with E-state index in [4.69, 9.17) is 28.4 Å². The number of unbranched alkanes of at least 4 members (excludes halogenated alkanes) is 31. The average Bonchev–Trinajstić information content (AvgIpc) is 1.10. The van der Waals surface area contributed by atoms with E-state index in [1.54, 1.807) is 6.08 Å². The van der Waals surface area contributed by atoms with E-state index in [-0.39, 0.29) is 12.3 Å². The standard InChI is InChI=1S/C65H120N2O21/c1-4-6-8-10-12-14-16-17-18-19-20-21-22-23-24-25-26-27-28-29-31-33-35-37-39-52(75)67-46(47(72)38-36-34-32-30-15-13-11-9-7-5-2)44-83-62-57(79)56(78)59(51(43-70)85-62)86-63-58(80)61(55(77)50(42-69)84-63)88-65(64(81)82)40-48(73)53(66-45(3)71)60(87-65)54(76)49(74)41-68/h36,38,46-51,53-63,68-70,72-74,76-80H,4-35,37,39-44H2,1-3H3,(H,66,71)(H,67,75)(H,81,82)/b38-36+. The van der Waals surface area contributed by atoms with Crippen LogP contribution in [0.2, 0.25) is 0 Å². The van der Waals surface area contributed by atoms with Gasteiger partial charge in [0, 0.05) is 19.8 Å². The largest absolute Gasteiger partial charge is 0.477 e. The molecule has 18 atom stereocenters. The van der Waals surface area contributed by atoms with Gasteiger partial charge in [-0.3, -0.25) is 9.59 Å². The van der Waals surface area contributed by atoms with Crippen LogP contribution in [0.5, 0.6) is 0 Å². The number of amides is 2. The third-order valence-corrected chi connectivity index (χ3v) is 17.5. The summed E-state index contributed by atoms with van der Waals surface area (Å²) in [6, 6.07) is -2.61. The number of carbonyl (C=O) groups is 3. The molecule has 516 valence electrons. The van der Waals surface area contributed by atoms with Crippen LogP contribution in [0.4, 0.5) is 0 Å². The highest BCUT2D eigenvalue weighted by atomic mass is 16.8.